The lowest BCUT2D eigenvalue weighted by Crippen LogP contribution is -2.18. The van der Waals surface area contributed by atoms with E-state index in [1.807, 2.05) is 48.5 Å². The van der Waals surface area contributed by atoms with Gasteiger partial charge in [0, 0.05) is 21.2 Å². The van der Waals surface area contributed by atoms with Gasteiger partial charge < -0.3 is 14.0 Å². The van der Waals surface area contributed by atoms with Crippen LogP contribution >= 0.6 is 15.9 Å². The summed E-state index contributed by atoms with van der Waals surface area (Å²) in [6.45, 7) is 0.247. The number of nitrogens with one attached hydrogen (secondary N) is 1. The summed E-state index contributed by atoms with van der Waals surface area (Å²) in [7, 11) is 1.51. The predicted molar refractivity (Wildman–Crippen MR) is 119 cm³/mol. The summed E-state index contributed by atoms with van der Waals surface area (Å²) in [4.78, 5) is 16.1. The minimum absolute atomic E-state index is 0.247. The van der Waals surface area contributed by atoms with Crippen LogP contribution in [0, 0.1) is 0 Å². The molecule has 0 saturated heterocycles. The zero-order valence-corrected chi connectivity index (χ0v) is 18.5. The Morgan fingerprint density at radius 2 is 1.75 bits per heavy atom. The average molecular weight is 496 g/mol. The molecule has 2 N–H and O–H groups in total. The highest BCUT2D eigenvalue weighted by Gasteiger charge is 2.13. The molecular weight excluding hydrogens is 478 g/mol. The molecule has 0 aliphatic rings. The van der Waals surface area contributed by atoms with Gasteiger partial charge in [0.25, 0.3) is 11.8 Å². The van der Waals surface area contributed by atoms with Crippen LogP contribution < -0.4 is 15.0 Å². The summed E-state index contributed by atoms with van der Waals surface area (Å²) in [5.74, 6) is 1.15. The Morgan fingerprint density at radius 1 is 1.03 bits per heavy atom. The quantitative estimate of drug-likeness (QED) is 0.278. The maximum atomic E-state index is 11.6. The van der Waals surface area contributed by atoms with Gasteiger partial charge in [-0.15, -0.1) is 0 Å². The maximum Gasteiger partial charge on any atom is 0.274 e. The van der Waals surface area contributed by atoms with Crippen molar-refractivity contribution in [3.8, 4) is 34.3 Å². The van der Waals surface area contributed by atoms with Gasteiger partial charge in [-0.3, -0.25) is 10.0 Å². The van der Waals surface area contributed by atoms with E-state index in [2.05, 4.69) is 26.1 Å². The van der Waals surface area contributed by atoms with Crippen LogP contribution in [0.5, 0.6) is 11.5 Å². The molecule has 0 radical (unpaired) electrons. The number of hydrogen-bond donors (Lipinski definition) is 2. The monoisotopic (exact) mass is 495 g/mol. The fraction of sp³-hybridized carbons (Fsp3) is 0.0870. The van der Waals surface area contributed by atoms with E-state index in [0.717, 1.165) is 21.2 Å². The Hall–Kier alpha value is -3.69. The van der Waals surface area contributed by atoms with Crippen molar-refractivity contribution in [3.05, 3.63) is 82.3 Å². The van der Waals surface area contributed by atoms with Gasteiger partial charge in [0.1, 0.15) is 6.61 Å². The van der Waals surface area contributed by atoms with Crippen molar-refractivity contribution >= 4 is 21.8 Å². The maximum absolute atomic E-state index is 11.6. The number of amides is 1. The van der Waals surface area contributed by atoms with Crippen LogP contribution in [0.15, 0.2) is 75.7 Å². The Bertz CT molecular complexity index is 1220. The summed E-state index contributed by atoms with van der Waals surface area (Å²) in [5, 5.41) is 12.9. The number of hydrogen-bond acceptors (Lipinski definition) is 7. The second kappa shape index (κ2) is 9.63. The topological polar surface area (TPSA) is 107 Å². The molecule has 4 rings (SSSR count). The summed E-state index contributed by atoms with van der Waals surface area (Å²) < 4.78 is 17.5. The molecular formula is C23H18BrN3O5. The molecule has 0 spiro atoms. The number of hydroxylamine groups is 1. The highest BCUT2D eigenvalue weighted by molar-refractivity contribution is 9.10. The Balaban J connectivity index is 1.46. The van der Waals surface area contributed by atoms with Crippen molar-refractivity contribution in [2.75, 3.05) is 7.11 Å². The molecule has 0 aliphatic carbocycles. The van der Waals surface area contributed by atoms with E-state index in [9.17, 15) is 4.79 Å². The van der Waals surface area contributed by atoms with Crippen LogP contribution in [-0.2, 0) is 6.61 Å². The average Bonchev–Trinajstić information content (AvgIpc) is 3.33. The molecule has 0 saturated carbocycles. The van der Waals surface area contributed by atoms with Crippen molar-refractivity contribution < 1.29 is 24.0 Å². The minimum atomic E-state index is -0.635. The van der Waals surface area contributed by atoms with Crippen molar-refractivity contribution in [2.45, 2.75) is 6.61 Å². The van der Waals surface area contributed by atoms with Crippen LogP contribution in [-0.4, -0.2) is 28.4 Å². The van der Waals surface area contributed by atoms with E-state index in [1.165, 1.54) is 19.2 Å². The third-order valence-corrected chi connectivity index (χ3v) is 5.18. The highest BCUT2D eigenvalue weighted by atomic mass is 79.9. The van der Waals surface area contributed by atoms with Crippen molar-refractivity contribution in [2.24, 2.45) is 0 Å². The van der Waals surface area contributed by atoms with Gasteiger partial charge in [-0.05, 0) is 48.0 Å². The van der Waals surface area contributed by atoms with Crippen molar-refractivity contribution in [3.63, 3.8) is 0 Å². The van der Waals surface area contributed by atoms with Gasteiger partial charge in [0.05, 0.1) is 7.11 Å². The number of rotatable bonds is 7. The number of halogens is 1. The SMILES string of the molecule is COc1ccc(C(=O)NO)cc1OCc1ccc(-c2noc(-c3ccc(Br)cc3)n2)cc1. The first-order chi connectivity index (χ1) is 15.6. The lowest BCUT2D eigenvalue weighted by molar-refractivity contribution is 0.0706. The molecule has 9 heteroatoms. The summed E-state index contributed by atoms with van der Waals surface area (Å²) in [6.07, 6.45) is 0. The molecule has 8 nitrogen and oxygen atoms in total. The molecule has 0 fully saturated rings. The van der Waals surface area contributed by atoms with Crippen molar-refractivity contribution in [1.29, 1.82) is 0 Å². The standard InChI is InChI=1S/C23H18BrN3O5/c1-30-19-11-8-17(22(28)26-29)12-20(19)31-13-14-2-4-15(5-3-14)21-25-23(32-27-21)16-6-9-18(24)10-7-16/h2-12,29H,13H2,1H3,(H,26,28). The smallest absolute Gasteiger partial charge is 0.274 e. The number of aromatic nitrogens is 2. The molecule has 4 aromatic rings. The molecule has 0 aliphatic heterocycles. The first-order valence-electron chi connectivity index (χ1n) is 9.51. The fourth-order valence-electron chi connectivity index (χ4n) is 2.96. The Morgan fingerprint density at radius 3 is 2.44 bits per heavy atom. The van der Waals surface area contributed by atoms with Gasteiger partial charge in [-0.1, -0.05) is 45.4 Å². The number of carbonyl (C=O) groups is 1. The van der Waals surface area contributed by atoms with Crippen LogP contribution in [0.1, 0.15) is 15.9 Å². The largest absolute Gasteiger partial charge is 0.493 e. The number of nitrogens with zero attached hydrogens (tertiary/aromatic N) is 2. The number of benzene rings is 3. The predicted octanol–water partition coefficient (Wildman–Crippen LogP) is 4.87. The Labute approximate surface area is 191 Å². The van der Waals surface area contributed by atoms with E-state index in [0.29, 0.717) is 23.2 Å². The number of methoxy groups -OCH3 is 1. The first-order valence-corrected chi connectivity index (χ1v) is 10.3. The van der Waals surface area contributed by atoms with E-state index in [4.69, 9.17) is 19.2 Å². The summed E-state index contributed by atoms with van der Waals surface area (Å²) in [6, 6.07) is 19.8. The summed E-state index contributed by atoms with van der Waals surface area (Å²) >= 11 is 3.40. The highest BCUT2D eigenvalue weighted by Crippen LogP contribution is 2.29. The van der Waals surface area contributed by atoms with Crippen LogP contribution in [0.25, 0.3) is 22.8 Å². The molecule has 32 heavy (non-hydrogen) atoms. The van der Waals surface area contributed by atoms with E-state index in [-0.39, 0.29) is 12.2 Å². The van der Waals surface area contributed by atoms with E-state index < -0.39 is 5.91 Å². The zero-order valence-electron chi connectivity index (χ0n) is 16.9. The lowest BCUT2D eigenvalue weighted by Gasteiger charge is -2.12. The number of carbonyl (C=O) groups excluding carboxylic acids is 1. The summed E-state index contributed by atoms with van der Waals surface area (Å²) in [5.41, 5.74) is 4.38. The zero-order chi connectivity index (χ0) is 22.5. The van der Waals surface area contributed by atoms with Gasteiger partial charge in [-0.25, -0.2) is 5.48 Å². The molecule has 3 aromatic carbocycles. The molecule has 1 aromatic heterocycles. The van der Waals surface area contributed by atoms with E-state index in [1.54, 1.807) is 11.5 Å². The third kappa shape index (κ3) is 4.79. The minimum Gasteiger partial charge on any atom is -0.493 e. The van der Waals surface area contributed by atoms with E-state index >= 15 is 0 Å². The molecule has 1 heterocycles. The second-order valence-electron chi connectivity index (χ2n) is 6.72. The molecule has 0 unspecified atom stereocenters. The van der Waals surface area contributed by atoms with Crippen molar-refractivity contribution in [1.82, 2.24) is 15.6 Å². The van der Waals surface area contributed by atoms with Gasteiger partial charge >= 0.3 is 0 Å². The second-order valence-corrected chi connectivity index (χ2v) is 7.64. The van der Waals surface area contributed by atoms with Gasteiger partial charge in [-0.2, -0.15) is 4.98 Å². The lowest BCUT2D eigenvalue weighted by atomic mass is 10.1. The van der Waals surface area contributed by atoms with Gasteiger partial charge in [0.2, 0.25) is 5.82 Å². The van der Waals surface area contributed by atoms with Crippen LogP contribution in [0.2, 0.25) is 0 Å². The fourth-order valence-corrected chi connectivity index (χ4v) is 3.22. The number of ether oxygens (including phenoxy) is 2. The molecule has 0 atom stereocenters. The van der Waals surface area contributed by atoms with Crippen LogP contribution in [0.4, 0.5) is 0 Å². The molecule has 0 bridgehead atoms. The normalized spacial score (nSPS) is 10.6. The first kappa shape index (κ1) is 21.5. The third-order valence-electron chi connectivity index (χ3n) is 4.65. The van der Waals surface area contributed by atoms with Gasteiger partial charge in [0.15, 0.2) is 11.5 Å². The molecule has 1 amide bonds. The Kier molecular flexibility index (Phi) is 6.48. The van der Waals surface area contributed by atoms with Crippen LogP contribution in [0.3, 0.4) is 0 Å². The molecule has 162 valence electrons.